The molecule has 0 aliphatic rings. The first kappa shape index (κ1) is 8.84. The molecule has 0 heterocycles. The Kier molecular flexibility index (Phi) is 5.86. The third kappa shape index (κ3) is 7.84. The molecule has 0 saturated heterocycles. The van der Waals surface area contributed by atoms with Crippen LogP contribution in [0.1, 0.15) is 0 Å². The van der Waals surface area contributed by atoms with Gasteiger partial charge in [-0.2, -0.15) is 0 Å². The largest absolute Gasteiger partial charge is 0.374 e. The normalized spacial score (nSPS) is 9.44. The molecule has 0 bridgehead atoms. The van der Waals surface area contributed by atoms with E-state index >= 15 is 0 Å². The molecular formula is C4H8BrNO3. The van der Waals surface area contributed by atoms with Crippen LogP contribution in [0.3, 0.4) is 0 Å². The number of rotatable bonds is 5. The molecule has 0 aromatic rings. The molecule has 0 aliphatic carbocycles. The van der Waals surface area contributed by atoms with E-state index in [-0.39, 0.29) is 13.2 Å². The van der Waals surface area contributed by atoms with Crippen molar-refractivity contribution in [1.82, 2.24) is 0 Å². The van der Waals surface area contributed by atoms with Crippen molar-refractivity contribution < 1.29 is 9.66 Å². The Bertz CT molecular complexity index is 87.9. The zero-order valence-electron chi connectivity index (χ0n) is 4.88. The summed E-state index contributed by atoms with van der Waals surface area (Å²) in [5.74, 6) is 0. The fourth-order valence-electron chi connectivity index (χ4n) is 0.296. The third-order valence-corrected chi connectivity index (χ3v) is 0.963. The standard InChI is InChI=1S/C4H8BrNO3/c5-1-3-9-4-2-6(7)8/h1-4H2. The number of nitrogens with zero attached hydrogens (tertiary/aromatic N) is 1. The molecule has 0 spiro atoms. The number of ether oxygens (including phenoxy) is 1. The summed E-state index contributed by atoms with van der Waals surface area (Å²) >= 11 is 3.12. The van der Waals surface area contributed by atoms with E-state index in [9.17, 15) is 10.1 Å². The minimum absolute atomic E-state index is 0.104. The zero-order valence-corrected chi connectivity index (χ0v) is 6.46. The molecular weight excluding hydrogens is 190 g/mol. The second-order valence-corrected chi connectivity index (χ2v) is 2.15. The molecule has 0 amide bonds. The van der Waals surface area contributed by atoms with Crippen molar-refractivity contribution >= 4 is 15.9 Å². The molecule has 0 saturated carbocycles. The molecule has 0 fully saturated rings. The maximum absolute atomic E-state index is 9.68. The van der Waals surface area contributed by atoms with Gasteiger partial charge >= 0.3 is 0 Å². The maximum Gasteiger partial charge on any atom is 0.226 e. The predicted molar refractivity (Wildman–Crippen MR) is 36.5 cm³/mol. The van der Waals surface area contributed by atoms with E-state index < -0.39 is 4.92 Å². The second kappa shape index (κ2) is 5.97. The van der Waals surface area contributed by atoms with Crippen LogP contribution in [0, 0.1) is 10.1 Å². The second-order valence-electron chi connectivity index (χ2n) is 1.36. The summed E-state index contributed by atoms with van der Waals surface area (Å²) in [6.45, 7) is 0.638. The molecule has 0 aromatic carbocycles. The molecule has 0 aliphatic heterocycles. The lowest BCUT2D eigenvalue weighted by atomic mass is 10.7. The van der Waals surface area contributed by atoms with Gasteiger partial charge in [0.2, 0.25) is 6.54 Å². The van der Waals surface area contributed by atoms with E-state index in [0.29, 0.717) is 6.61 Å². The van der Waals surface area contributed by atoms with Gasteiger partial charge in [0, 0.05) is 10.3 Å². The average Bonchev–Trinajstić information content (AvgIpc) is 1.80. The topological polar surface area (TPSA) is 52.4 Å². The highest BCUT2D eigenvalue weighted by Crippen LogP contribution is 1.81. The van der Waals surface area contributed by atoms with Crippen LogP contribution in [0.25, 0.3) is 0 Å². The van der Waals surface area contributed by atoms with Crippen LogP contribution in [0.4, 0.5) is 0 Å². The Morgan fingerprint density at radius 1 is 1.56 bits per heavy atom. The van der Waals surface area contributed by atoms with Gasteiger partial charge in [-0.3, -0.25) is 10.1 Å². The monoisotopic (exact) mass is 197 g/mol. The van der Waals surface area contributed by atoms with Crippen LogP contribution in [0.2, 0.25) is 0 Å². The van der Waals surface area contributed by atoms with E-state index in [4.69, 9.17) is 4.74 Å². The summed E-state index contributed by atoms with van der Waals surface area (Å²) in [7, 11) is 0. The molecule has 0 unspecified atom stereocenters. The molecule has 0 N–H and O–H groups in total. The van der Waals surface area contributed by atoms with Gasteiger partial charge in [0.05, 0.1) is 6.61 Å². The summed E-state index contributed by atoms with van der Waals surface area (Å²) in [6, 6.07) is 0. The van der Waals surface area contributed by atoms with E-state index in [2.05, 4.69) is 15.9 Å². The van der Waals surface area contributed by atoms with Crippen LogP contribution in [-0.2, 0) is 4.74 Å². The van der Waals surface area contributed by atoms with Crippen molar-refractivity contribution in [2.75, 3.05) is 25.1 Å². The number of hydrogen-bond donors (Lipinski definition) is 0. The summed E-state index contributed by atoms with van der Waals surface area (Å²) in [4.78, 5) is 9.28. The van der Waals surface area contributed by atoms with Crippen LogP contribution in [0.15, 0.2) is 0 Å². The molecule has 4 nitrogen and oxygen atoms in total. The summed E-state index contributed by atoms with van der Waals surface area (Å²) < 4.78 is 4.81. The summed E-state index contributed by atoms with van der Waals surface area (Å²) in [5.41, 5.74) is 0. The minimum atomic E-state index is -0.395. The van der Waals surface area contributed by atoms with E-state index in [1.165, 1.54) is 0 Å². The average molecular weight is 198 g/mol. The van der Waals surface area contributed by atoms with Crippen molar-refractivity contribution in [2.24, 2.45) is 0 Å². The third-order valence-electron chi connectivity index (χ3n) is 0.640. The quantitative estimate of drug-likeness (QED) is 0.282. The SMILES string of the molecule is O=[N+]([O-])CCOCCBr. The first-order chi connectivity index (χ1) is 4.27. The Balaban J connectivity index is 2.83. The van der Waals surface area contributed by atoms with Crippen molar-refractivity contribution in [1.29, 1.82) is 0 Å². The van der Waals surface area contributed by atoms with Gasteiger partial charge in [0.1, 0.15) is 6.61 Å². The molecule has 0 aromatic heterocycles. The lowest BCUT2D eigenvalue weighted by molar-refractivity contribution is -0.483. The Morgan fingerprint density at radius 3 is 2.67 bits per heavy atom. The van der Waals surface area contributed by atoms with Crippen LogP contribution in [0.5, 0.6) is 0 Å². The Hall–Kier alpha value is -0.160. The molecule has 54 valence electrons. The molecule has 0 atom stereocenters. The van der Waals surface area contributed by atoms with Gasteiger partial charge < -0.3 is 4.74 Å². The zero-order chi connectivity index (χ0) is 7.11. The lowest BCUT2D eigenvalue weighted by Crippen LogP contribution is -2.09. The van der Waals surface area contributed by atoms with Crippen molar-refractivity contribution in [3.63, 3.8) is 0 Å². The number of halogens is 1. The Labute approximate surface area is 61.5 Å². The molecule has 0 rings (SSSR count). The van der Waals surface area contributed by atoms with Crippen LogP contribution in [-0.4, -0.2) is 30.0 Å². The van der Waals surface area contributed by atoms with E-state index in [1.54, 1.807) is 0 Å². The summed E-state index contributed by atoms with van der Waals surface area (Å²) in [5, 5.41) is 10.4. The van der Waals surface area contributed by atoms with Crippen molar-refractivity contribution in [3.8, 4) is 0 Å². The van der Waals surface area contributed by atoms with Gasteiger partial charge in [-0.15, -0.1) is 0 Å². The highest BCUT2D eigenvalue weighted by molar-refractivity contribution is 9.09. The van der Waals surface area contributed by atoms with E-state index in [1.807, 2.05) is 0 Å². The molecule has 5 heteroatoms. The van der Waals surface area contributed by atoms with Gasteiger partial charge in [-0.25, -0.2) is 0 Å². The van der Waals surface area contributed by atoms with Gasteiger partial charge in [-0.1, -0.05) is 15.9 Å². The minimum Gasteiger partial charge on any atom is -0.374 e. The summed E-state index contributed by atoms with van der Waals surface area (Å²) in [6.07, 6.45) is 0. The maximum atomic E-state index is 9.68. The fraction of sp³-hybridized carbons (Fsp3) is 1.00. The van der Waals surface area contributed by atoms with Crippen LogP contribution < -0.4 is 0 Å². The molecule has 9 heavy (non-hydrogen) atoms. The van der Waals surface area contributed by atoms with Gasteiger partial charge in [-0.05, 0) is 0 Å². The predicted octanol–water partition coefficient (Wildman–Crippen LogP) is 0.675. The van der Waals surface area contributed by atoms with E-state index in [0.717, 1.165) is 5.33 Å². The Morgan fingerprint density at radius 2 is 2.22 bits per heavy atom. The number of hydrogen-bond acceptors (Lipinski definition) is 3. The van der Waals surface area contributed by atoms with Gasteiger partial charge in [0.15, 0.2) is 0 Å². The smallest absolute Gasteiger partial charge is 0.226 e. The lowest BCUT2D eigenvalue weighted by Gasteiger charge is -1.94. The van der Waals surface area contributed by atoms with Crippen molar-refractivity contribution in [2.45, 2.75) is 0 Å². The first-order valence-corrected chi connectivity index (χ1v) is 3.65. The fourth-order valence-corrected chi connectivity index (χ4v) is 0.525. The van der Waals surface area contributed by atoms with Crippen molar-refractivity contribution in [3.05, 3.63) is 10.1 Å². The van der Waals surface area contributed by atoms with Crippen LogP contribution >= 0.6 is 15.9 Å². The molecule has 0 radical (unpaired) electrons. The highest BCUT2D eigenvalue weighted by Gasteiger charge is 1.93. The van der Waals surface area contributed by atoms with Gasteiger partial charge in [0.25, 0.3) is 0 Å². The number of alkyl halides is 1. The highest BCUT2D eigenvalue weighted by atomic mass is 79.9. The number of nitro groups is 1. The first-order valence-electron chi connectivity index (χ1n) is 2.53.